The predicted molar refractivity (Wildman–Crippen MR) is 90.9 cm³/mol. The summed E-state index contributed by atoms with van der Waals surface area (Å²) in [7, 11) is 0. The number of anilines is 4. The smallest absolute Gasteiger partial charge is 0.257 e. The maximum absolute atomic E-state index is 12.1. The molecule has 2 rings (SSSR count). The van der Waals surface area contributed by atoms with E-state index in [1.54, 1.807) is 36.5 Å². The van der Waals surface area contributed by atoms with Crippen LogP contribution in [0.4, 0.5) is 22.9 Å². The third-order valence-electron chi connectivity index (χ3n) is 3.21. The summed E-state index contributed by atoms with van der Waals surface area (Å²) in [5, 5.41) is 5.96. The number of rotatable bonds is 6. The Hall–Kier alpha value is -2.76. The molecule has 0 aliphatic carbocycles. The Bertz CT molecular complexity index is 639. The summed E-state index contributed by atoms with van der Waals surface area (Å²) in [6, 6.07) is 8.52. The third kappa shape index (κ3) is 4.12. The van der Waals surface area contributed by atoms with E-state index in [0.717, 1.165) is 25.2 Å². The van der Waals surface area contributed by atoms with Gasteiger partial charge in [-0.2, -0.15) is 0 Å². The molecule has 1 heterocycles. The summed E-state index contributed by atoms with van der Waals surface area (Å²) < 4.78 is 0. The Morgan fingerprint density at radius 3 is 2.64 bits per heavy atom. The zero-order valence-electron chi connectivity index (χ0n) is 12.6. The van der Waals surface area contributed by atoms with Crippen molar-refractivity contribution in [3.8, 4) is 0 Å². The van der Waals surface area contributed by atoms with Crippen LogP contribution in [0.25, 0.3) is 0 Å². The topological polar surface area (TPSA) is 106 Å². The lowest BCUT2D eigenvalue weighted by atomic mass is 10.2. The van der Waals surface area contributed by atoms with Crippen molar-refractivity contribution in [1.29, 1.82) is 0 Å². The first-order valence-corrected chi connectivity index (χ1v) is 7.26. The number of hydrogen-bond acceptors (Lipinski definition) is 5. The average molecular weight is 299 g/mol. The van der Waals surface area contributed by atoms with Crippen molar-refractivity contribution in [2.45, 2.75) is 19.8 Å². The zero-order valence-corrected chi connectivity index (χ0v) is 12.6. The van der Waals surface area contributed by atoms with Crippen LogP contribution in [0.3, 0.4) is 0 Å². The Balaban J connectivity index is 1.98. The second-order valence-corrected chi connectivity index (χ2v) is 5.01. The lowest BCUT2D eigenvalue weighted by Crippen LogP contribution is -2.13. The van der Waals surface area contributed by atoms with E-state index in [-0.39, 0.29) is 5.91 Å². The highest BCUT2D eigenvalue weighted by Crippen LogP contribution is 2.20. The molecule has 116 valence electrons. The summed E-state index contributed by atoms with van der Waals surface area (Å²) in [4.78, 5) is 16.4. The highest BCUT2D eigenvalue weighted by atomic mass is 16.1. The molecule has 0 saturated heterocycles. The van der Waals surface area contributed by atoms with E-state index in [4.69, 9.17) is 11.5 Å². The number of amides is 1. The predicted octanol–water partition coefficient (Wildman–Crippen LogP) is 2.71. The average Bonchev–Trinajstić information content (AvgIpc) is 2.52. The Morgan fingerprint density at radius 1 is 1.18 bits per heavy atom. The van der Waals surface area contributed by atoms with Crippen molar-refractivity contribution >= 4 is 28.8 Å². The van der Waals surface area contributed by atoms with Gasteiger partial charge in [0.1, 0.15) is 5.82 Å². The Morgan fingerprint density at radius 2 is 2.00 bits per heavy atom. The van der Waals surface area contributed by atoms with Crippen molar-refractivity contribution in [2.24, 2.45) is 0 Å². The van der Waals surface area contributed by atoms with Gasteiger partial charge in [-0.3, -0.25) is 4.79 Å². The fourth-order valence-electron chi connectivity index (χ4n) is 1.88. The summed E-state index contributed by atoms with van der Waals surface area (Å²) in [6.45, 7) is 3.01. The molecule has 22 heavy (non-hydrogen) atoms. The molecule has 0 saturated carbocycles. The van der Waals surface area contributed by atoms with Crippen molar-refractivity contribution in [1.82, 2.24) is 4.98 Å². The van der Waals surface area contributed by atoms with Crippen molar-refractivity contribution in [3.05, 3.63) is 42.1 Å². The summed E-state index contributed by atoms with van der Waals surface area (Å²) in [5.74, 6) is 0.526. The molecule has 1 amide bonds. The number of hydrogen-bond donors (Lipinski definition) is 4. The standard InChI is InChI=1S/C16H21N5O/c1-2-3-8-19-15-7-4-11(10-20-15)16(22)21-12-5-6-13(17)14(18)9-12/h4-7,9-10H,2-3,8,17-18H2,1H3,(H,19,20)(H,21,22). The Kier molecular flexibility index (Phi) is 5.19. The van der Waals surface area contributed by atoms with E-state index in [1.807, 2.05) is 0 Å². The molecule has 0 aliphatic heterocycles. The van der Waals surface area contributed by atoms with Gasteiger partial charge in [0.05, 0.1) is 16.9 Å². The number of aromatic nitrogens is 1. The van der Waals surface area contributed by atoms with Crippen LogP contribution in [0.1, 0.15) is 30.1 Å². The fourth-order valence-corrected chi connectivity index (χ4v) is 1.88. The van der Waals surface area contributed by atoms with E-state index >= 15 is 0 Å². The number of carbonyl (C=O) groups excluding carboxylic acids is 1. The quantitative estimate of drug-likeness (QED) is 0.485. The van der Waals surface area contributed by atoms with E-state index in [2.05, 4.69) is 22.5 Å². The SMILES string of the molecule is CCCCNc1ccc(C(=O)Nc2ccc(N)c(N)c2)cn1. The molecule has 0 atom stereocenters. The second kappa shape index (κ2) is 7.31. The molecule has 6 heteroatoms. The van der Waals surface area contributed by atoms with Gasteiger partial charge < -0.3 is 22.1 Å². The van der Waals surface area contributed by atoms with E-state index in [0.29, 0.717) is 22.6 Å². The number of nitrogens with one attached hydrogen (secondary N) is 2. The molecule has 0 fully saturated rings. The molecule has 6 N–H and O–H groups in total. The highest BCUT2D eigenvalue weighted by molar-refractivity contribution is 6.04. The number of carbonyl (C=O) groups is 1. The van der Waals surface area contributed by atoms with Crippen LogP contribution in [0.15, 0.2) is 36.5 Å². The minimum atomic E-state index is -0.239. The van der Waals surface area contributed by atoms with Crippen LogP contribution < -0.4 is 22.1 Å². The van der Waals surface area contributed by atoms with Gasteiger partial charge in [-0.25, -0.2) is 4.98 Å². The number of unbranched alkanes of at least 4 members (excludes halogenated alkanes) is 1. The van der Waals surface area contributed by atoms with Crippen LogP contribution in [0.5, 0.6) is 0 Å². The van der Waals surface area contributed by atoms with Gasteiger partial charge in [0.25, 0.3) is 5.91 Å². The monoisotopic (exact) mass is 299 g/mol. The number of pyridine rings is 1. The lowest BCUT2D eigenvalue weighted by molar-refractivity contribution is 0.102. The molecule has 0 unspecified atom stereocenters. The molecule has 6 nitrogen and oxygen atoms in total. The van der Waals surface area contributed by atoms with E-state index < -0.39 is 0 Å². The minimum Gasteiger partial charge on any atom is -0.397 e. The number of nitrogens with two attached hydrogens (primary N) is 2. The molecule has 0 aliphatic rings. The van der Waals surface area contributed by atoms with Crippen molar-refractivity contribution in [3.63, 3.8) is 0 Å². The first-order chi connectivity index (χ1) is 10.6. The first kappa shape index (κ1) is 15.6. The second-order valence-electron chi connectivity index (χ2n) is 5.01. The van der Waals surface area contributed by atoms with Crippen molar-refractivity contribution < 1.29 is 4.79 Å². The number of nitrogen functional groups attached to an aromatic ring is 2. The van der Waals surface area contributed by atoms with E-state index in [9.17, 15) is 4.79 Å². The van der Waals surface area contributed by atoms with Crippen LogP contribution in [-0.2, 0) is 0 Å². The van der Waals surface area contributed by atoms with E-state index in [1.165, 1.54) is 0 Å². The maximum atomic E-state index is 12.1. The van der Waals surface area contributed by atoms with Crippen LogP contribution >= 0.6 is 0 Å². The summed E-state index contributed by atoms with van der Waals surface area (Å²) in [6.07, 6.45) is 3.75. The van der Waals surface area contributed by atoms with Gasteiger partial charge in [-0.15, -0.1) is 0 Å². The normalized spacial score (nSPS) is 10.2. The molecular weight excluding hydrogens is 278 g/mol. The Labute approximate surface area is 129 Å². The molecule has 1 aromatic carbocycles. The van der Waals surface area contributed by atoms with Crippen LogP contribution in [-0.4, -0.2) is 17.4 Å². The van der Waals surface area contributed by atoms with Gasteiger partial charge in [0, 0.05) is 18.4 Å². The maximum Gasteiger partial charge on any atom is 0.257 e. The molecule has 0 spiro atoms. The molecule has 0 radical (unpaired) electrons. The van der Waals surface area contributed by atoms with Crippen LogP contribution in [0, 0.1) is 0 Å². The lowest BCUT2D eigenvalue weighted by Gasteiger charge is -2.08. The van der Waals surface area contributed by atoms with Crippen LogP contribution in [0.2, 0.25) is 0 Å². The van der Waals surface area contributed by atoms with Gasteiger partial charge in [0.15, 0.2) is 0 Å². The minimum absolute atomic E-state index is 0.239. The number of nitrogens with zero attached hydrogens (tertiary/aromatic N) is 1. The van der Waals surface area contributed by atoms with Gasteiger partial charge >= 0.3 is 0 Å². The van der Waals surface area contributed by atoms with Crippen molar-refractivity contribution in [2.75, 3.05) is 28.6 Å². The highest BCUT2D eigenvalue weighted by Gasteiger charge is 2.07. The van der Waals surface area contributed by atoms with Gasteiger partial charge in [0.2, 0.25) is 0 Å². The molecule has 0 bridgehead atoms. The molecule has 2 aromatic rings. The molecule has 1 aromatic heterocycles. The van der Waals surface area contributed by atoms with Gasteiger partial charge in [-0.05, 0) is 36.8 Å². The largest absolute Gasteiger partial charge is 0.397 e. The summed E-state index contributed by atoms with van der Waals surface area (Å²) >= 11 is 0. The van der Waals surface area contributed by atoms with Gasteiger partial charge in [-0.1, -0.05) is 13.3 Å². The summed E-state index contributed by atoms with van der Waals surface area (Å²) in [5.41, 5.74) is 13.4. The molecular formula is C16H21N5O. The fraction of sp³-hybridized carbons (Fsp3) is 0.250. The zero-order chi connectivity index (χ0) is 15.9. The third-order valence-corrected chi connectivity index (χ3v) is 3.21. The first-order valence-electron chi connectivity index (χ1n) is 7.26. The number of benzene rings is 1.